The third-order valence-electron chi connectivity index (χ3n) is 2.19. The molecule has 0 fully saturated rings. The summed E-state index contributed by atoms with van der Waals surface area (Å²) in [5.74, 6) is -1.84. The number of methoxy groups -OCH3 is 1. The van der Waals surface area contributed by atoms with E-state index in [9.17, 15) is 14.4 Å². The van der Waals surface area contributed by atoms with Crippen LogP contribution in [-0.4, -0.2) is 30.0 Å². The van der Waals surface area contributed by atoms with Gasteiger partial charge in [-0.1, -0.05) is 0 Å². The highest BCUT2D eigenvalue weighted by atomic mass is 16.5. The summed E-state index contributed by atoms with van der Waals surface area (Å²) in [6.45, 7) is 2.58. The number of hydrogen-bond donors (Lipinski definition) is 3. The molecular weight excluding hydrogens is 252 g/mol. The van der Waals surface area contributed by atoms with Gasteiger partial charge in [-0.2, -0.15) is 0 Å². The first kappa shape index (κ1) is 14.5. The van der Waals surface area contributed by atoms with Gasteiger partial charge < -0.3 is 20.5 Å². The minimum absolute atomic E-state index is 0.0883. The second-order valence-corrected chi connectivity index (χ2v) is 3.77. The molecule has 0 aliphatic carbocycles. The van der Waals surface area contributed by atoms with Crippen molar-refractivity contribution >= 4 is 29.2 Å². The van der Waals surface area contributed by atoms with Gasteiger partial charge in [0.25, 0.3) is 0 Å². The van der Waals surface area contributed by atoms with E-state index in [0.717, 1.165) is 0 Å². The van der Waals surface area contributed by atoms with Crippen LogP contribution in [0.25, 0.3) is 0 Å². The van der Waals surface area contributed by atoms with Gasteiger partial charge >= 0.3 is 5.97 Å². The van der Waals surface area contributed by atoms with Gasteiger partial charge in [-0.3, -0.25) is 9.59 Å². The maximum Gasteiger partial charge on any atom is 0.339 e. The Balaban J connectivity index is 3.37. The summed E-state index contributed by atoms with van der Waals surface area (Å²) in [5.41, 5.74) is 0.353. The summed E-state index contributed by atoms with van der Waals surface area (Å²) < 4.78 is 4.94. The summed E-state index contributed by atoms with van der Waals surface area (Å²) in [6, 6.07) is 2.57. The Morgan fingerprint density at radius 1 is 1.05 bits per heavy atom. The molecule has 0 radical (unpaired) electrons. The molecule has 0 heterocycles. The number of nitrogens with one attached hydrogen (secondary N) is 2. The highest BCUT2D eigenvalue weighted by Gasteiger charge is 2.17. The van der Waals surface area contributed by atoms with E-state index in [1.54, 1.807) is 0 Å². The van der Waals surface area contributed by atoms with Gasteiger partial charge in [0.2, 0.25) is 11.8 Å². The van der Waals surface area contributed by atoms with Crippen LogP contribution >= 0.6 is 0 Å². The van der Waals surface area contributed by atoms with Crippen molar-refractivity contribution in [3.05, 3.63) is 17.7 Å². The molecule has 7 nitrogen and oxygen atoms in total. The number of ether oxygens (including phenoxy) is 1. The zero-order valence-corrected chi connectivity index (χ0v) is 10.7. The molecule has 0 aliphatic rings. The molecule has 19 heavy (non-hydrogen) atoms. The van der Waals surface area contributed by atoms with Crippen molar-refractivity contribution in [2.45, 2.75) is 13.8 Å². The first-order valence-corrected chi connectivity index (χ1v) is 5.35. The van der Waals surface area contributed by atoms with Crippen LogP contribution in [0.1, 0.15) is 24.2 Å². The van der Waals surface area contributed by atoms with E-state index in [1.807, 2.05) is 0 Å². The van der Waals surface area contributed by atoms with Crippen LogP contribution in [0.4, 0.5) is 11.4 Å². The maximum absolute atomic E-state index is 11.1. The predicted octanol–water partition coefficient (Wildman–Crippen LogP) is 1.31. The quantitative estimate of drug-likeness (QED) is 0.762. The number of rotatable bonds is 4. The van der Waals surface area contributed by atoms with Crippen LogP contribution in [0.5, 0.6) is 5.75 Å². The van der Waals surface area contributed by atoms with Gasteiger partial charge in [-0.15, -0.1) is 0 Å². The fourth-order valence-electron chi connectivity index (χ4n) is 1.50. The van der Waals surface area contributed by atoms with E-state index in [-0.39, 0.29) is 34.5 Å². The smallest absolute Gasteiger partial charge is 0.339 e. The van der Waals surface area contributed by atoms with Gasteiger partial charge in [-0.25, -0.2) is 4.79 Å². The number of benzene rings is 1. The van der Waals surface area contributed by atoms with Crippen molar-refractivity contribution < 1.29 is 24.2 Å². The minimum Gasteiger partial charge on any atom is -0.496 e. The molecule has 0 atom stereocenters. The molecule has 3 N–H and O–H groups in total. The van der Waals surface area contributed by atoms with Crippen LogP contribution in [0.2, 0.25) is 0 Å². The fraction of sp³-hybridized carbons (Fsp3) is 0.250. The monoisotopic (exact) mass is 266 g/mol. The third-order valence-corrected chi connectivity index (χ3v) is 2.19. The summed E-state index contributed by atoms with van der Waals surface area (Å²) in [4.78, 5) is 33.2. The zero-order chi connectivity index (χ0) is 14.6. The number of hydrogen-bond acceptors (Lipinski definition) is 4. The number of carboxylic acids is 1. The second-order valence-electron chi connectivity index (χ2n) is 3.77. The molecule has 0 saturated carbocycles. The first-order valence-electron chi connectivity index (χ1n) is 5.35. The number of aromatic carboxylic acids is 1. The van der Waals surface area contributed by atoms with E-state index in [2.05, 4.69) is 10.6 Å². The normalized spacial score (nSPS) is 9.63. The summed E-state index contributed by atoms with van der Waals surface area (Å²) in [6.07, 6.45) is 0. The van der Waals surface area contributed by atoms with E-state index in [0.29, 0.717) is 0 Å². The zero-order valence-electron chi connectivity index (χ0n) is 10.7. The summed E-state index contributed by atoms with van der Waals surface area (Å²) >= 11 is 0. The average molecular weight is 266 g/mol. The van der Waals surface area contributed by atoms with Crippen molar-refractivity contribution in [2.24, 2.45) is 0 Å². The molecule has 0 saturated heterocycles. The molecule has 1 rings (SSSR count). The van der Waals surface area contributed by atoms with Crippen LogP contribution in [0.15, 0.2) is 12.1 Å². The van der Waals surface area contributed by atoms with Gasteiger partial charge in [-0.05, 0) is 6.07 Å². The summed E-state index contributed by atoms with van der Waals surface area (Å²) in [5, 5.41) is 14.0. The average Bonchev–Trinajstić information content (AvgIpc) is 2.29. The molecule has 102 valence electrons. The van der Waals surface area contributed by atoms with E-state index < -0.39 is 5.97 Å². The van der Waals surface area contributed by atoms with E-state index >= 15 is 0 Å². The number of carbonyl (C=O) groups excluding carboxylic acids is 2. The Morgan fingerprint density at radius 2 is 1.53 bits per heavy atom. The van der Waals surface area contributed by atoms with Crippen molar-refractivity contribution in [2.75, 3.05) is 17.7 Å². The van der Waals surface area contributed by atoms with Crippen LogP contribution in [0.3, 0.4) is 0 Å². The molecule has 0 aromatic heterocycles. The largest absolute Gasteiger partial charge is 0.496 e. The fourth-order valence-corrected chi connectivity index (χ4v) is 1.50. The predicted molar refractivity (Wildman–Crippen MR) is 68.6 cm³/mol. The SMILES string of the molecule is COc1cc(NC(C)=O)c(NC(C)=O)cc1C(=O)O. The lowest BCUT2D eigenvalue weighted by atomic mass is 10.1. The molecule has 2 amide bonds. The number of carboxylic acid groups (broad SMARTS) is 1. The van der Waals surface area contributed by atoms with Crippen molar-refractivity contribution in [1.82, 2.24) is 0 Å². The molecule has 7 heteroatoms. The Hall–Kier alpha value is -2.57. The standard InChI is InChI=1S/C12H14N2O5/c1-6(15)13-9-4-8(12(17)18)11(19-3)5-10(9)14-7(2)16/h4-5H,1-3H3,(H,13,15)(H,14,16)(H,17,18). The minimum atomic E-state index is -1.20. The van der Waals surface area contributed by atoms with Crippen molar-refractivity contribution in [3.63, 3.8) is 0 Å². The van der Waals surface area contributed by atoms with Gasteiger partial charge in [0.15, 0.2) is 0 Å². The van der Waals surface area contributed by atoms with E-state index in [4.69, 9.17) is 9.84 Å². The molecule has 1 aromatic rings. The molecule has 0 aliphatic heterocycles. The maximum atomic E-state index is 11.1. The van der Waals surface area contributed by atoms with Gasteiger partial charge in [0, 0.05) is 19.9 Å². The number of anilines is 2. The lowest BCUT2D eigenvalue weighted by Crippen LogP contribution is -2.14. The number of carbonyl (C=O) groups is 3. The summed E-state index contributed by atoms with van der Waals surface area (Å²) in [7, 11) is 1.32. The van der Waals surface area contributed by atoms with Gasteiger partial charge in [0.1, 0.15) is 11.3 Å². The van der Waals surface area contributed by atoms with Crippen LogP contribution in [0, 0.1) is 0 Å². The lowest BCUT2D eigenvalue weighted by molar-refractivity contribution is -0.115. The van der Waals surface area contributed by atoms with Gasteiger partial charge in [0.05, 0.1) is 18.5 Å². The highest BCUT2D eigenvalue weighted by molar-refractivity contribution is 6.02. The van der Waals surface area contributed by atoms with E-state index in [1.165, 1.54) is 33.1 Å². The molecule has 0 bridgehead atoms. The number of amides is 2. The Bertz CT molecular complexity index is 539. The molecule has 1 aromatic carbocycles. The highest BCUT2D eigenvalue weighted by Crippen LogP contribution is 2.31. The lowest BCUT2D eigenvalue weighted by Gasteiger charge is -2.14. The van der Waals surface area contributed by atoms with Crippen molar-refractivity contribution in [3.8, 4) is 5.75 Å². The molecular formula is C12H14N2O5. The van der Waals surface area contributed by atoms with Crippen molar-refractivity contribution in [1.29, 1.82) is 0 Å². The molecule has 0 spiro atoms. The third kappa shape index (κ3) is 3.70. The Morgan fingerprint density at radius 3 is 1.89 bits per heavy atom. The second kappa shape index (κ2) is 5.85. The van der Waals surface area contributed by atoms with Crippen LogP contribution in [-0.2, 0) is 9.59 Å². The first-order chi connectivity index (χ1) is 8.85. The molecule has 0 unspecified atom stereocenters. The van der Waals surface area contributed by atoms with Crippen LogP contribution < -0.4 is 15.4 Å². The Kier molecular flexibility index (Phi) is 4.46. The Labute approximate surface area is 109 Å². The topological polar surface area (TPSA) is 105 Å².